The molecule has 0 aromatic heterocycles. The zero-order chi connectivity index (χ0) is 24.5. The second-order valence-corrected chi connectivity index (χ2v) is 10.1. The predicted molar refractivity (Wildman–Crippen MR) is 142 cm³/mol. The normalized spacial score (nSPS) is 15.6. The molecule has 0 fully saturated rings. The average molecular weight is 432 g/mol. The van der Waals surface area contributed by atoms with Crippen LogP contribution in [0.5, 0.6) is 0 Å². The van der Waals surface area contributed by atoms with E-state index < -0.39 is 0 Å². The third-order valence-corrected chi connectivity index (χ3v) is 6.59. The number of hydrogen-bond donors (Lipinski definition) is 0. The molecule has 1 aromatic rings. The van der Waals surface area contributed by atoms with Crippen molar-refractivity contribution in [3.63, 3.8) is 0 Å². The molecule has 0 heterocycles. The van der Waals surface area contributed by atoms with Crippen molar-refractivity contribution in [2.24, 2.45) is 11.3 Å². The van der Waals surface area contributed by atoms with Crippen molar-refractivity contribution < 1.29 is 0 Å². The first kappa shape index (κ1) is 27.7. The largest absolute Gasteiger partial charge is 0.336 e. The summed E-state index contributed by atoms with van der Waals surface area (Å²) >= 11 is 0. The quantitative estimate of drug-likeness (QED) is 0.228. The van der Waals surface area contributed by atoms with Crippen LogP contribution in [0.25, 0.3) is 0 Å². The van der Waals surface area contributed by atoms with Gasteiger partial charge in [-0.05, 0) is 73.3 Å². The molecular formula is C31H45N. The summed E-state index contributed by atoms with van der Waals surface area (Å²) in [6.45, 7) is 21.1. The van der Waals surface area contributed by atoms with Crippen LogP contribution in [0.1, 0.15) is 98.1 Å². The lowest BCUT2D eigenvalue weighted by Crippen LogP contribution is -2.26. The number of terminal acetylenes is 1. The standard InChI is InChI=1S/C31H45N/c1-12-23(5)22-29(24(6)13-2)26(14-3)28-19-17-16-18-27(28)25(7)30(31(8,9)10)20-21-32(11)15-4/h1,16-19,22,25-26,30H,13-15H2,2-11H3/b23-22+,29-24-/t25?,26-,30?/m0/s1. The van der Waals surface area contributed by atoms with E-state index in [1.165, 1.54) is 22.3 Å². The van der Waals surface area contributed by atoms with Crippen molar-refractivity contribution in [1.82, 2.24) is 4.90 Å². The maximum atomic E-state index is 5.72. The topological polar surface area (TPSA) is 3.24 Å². The number of rotatable bonds is 8. The van der Waals surface area contributed by atoms with Gasteiger partial charge >= 0.3 is 0 Å². The van der Waals surface area contributed by atoms with Gasteiger partial charge in [-0.2, -0.15) is 0 Å². The van der Waals surface area contributed by atoms with E-state index in [-0.39, 0.29) is 11.3 Å². The molecule has 1 rings (SSSR count). The summed E-state index contributed by atoms with van der Waals surface area (Å²) < 4.78 is 0. The monoisotopic (exact) mass is 431 g/mol. The summed E-state index contributed by atoms with van der Waals surface area (Å²) in [5.41, 5.74) is 6.65. The molecule has 0 amide bonds. The van der Waals surface area contributed by atoms with Crippen molar-refractivity contribution in [3.05, 3.63) is 58.2 Å². The molecule has 2 unspecified atom stereocenters. The van der Waals surface area contributed by atoms with Gasteiger partial charge in [-0.1, -0.05) is 83.2 Å². The van der Waals surface area contributed by atoms with Crippen LogP contribution >= 0.6 is 0 Å². The summed E-state index contributed by atoms with van der Waals surface area (Å²) in [4.78, 5) is 2.07. The molecule has 0 radical (unpaired) electrons. The van der Waals surface area contributed by atoms with E-state index in [1.54, 1.807) is 0 Å². The summed E-state index contributed by atoms with van der Waals surface area (Å²) in [5, 5.41) is 0. The molecule has 3 atom stereocenters. The van der Waals surface area contributed by atoms with Gasteiger partial charge in [-0.3, -0.25) is 0 Å². The highest BCUT2D eigenvalue weighted by molar-refractivity contribution is 5.46. The Bertz CT molecular complexity index is 904. The number of nitrogens with zero attached hydrogens (tertiary/aromatic N) is 1. The Morgan fingerprint density at radius 2 is 1.69 bits per heavy atom. The van der Waals surface area contributed by atoms with Crippen molar-refractivity contribution in [1.29, 1.82) is 0 Å². The molecule has 1 aromatic carbocycles. The van der Waals surface area contributed by atoms with E-state index in [4.69, 9.17) is 6.42 Å². The van der Waals surface area contributed by atoms with Crippen LogP contribution in [-0.4, -0.2) is 18.5 Å². The Kier molecular flexibility index (Phi) is 10.9. The van der Waals surface area contributed by atoms with Crippen LogP contribution in [0, 0.1) is 35.6 Å². The first-order valence-corrected chi connectivity index (χ1v) is 12.2. The van der Waals surface area contributed by atoms with Crippen molar-refractivity contribution >= 4 is 0 Å². The molecule has 0 aliphatic heterocycles. The minimum absolute atomic E-state index is 0.0772. The maximum absolute atomic E-state index is 5.72. The third-order valence-electron chi connectivity index (χ3n) is 6.59. The second kappa shape index (κ2) is 12.6. The molecule has 174 valence electrons. The van der Waals surface area contributed by atoms with Gasteiger partial charge in [0, 0.05) is 31.5 Å². The number of hydrogen-bond acceptors (Lipinski definition) is 1. The molecule has 0 spiro atoms. The zero-order valence-corrected chi connectivity index (χ0v) is 22.3. The van der Waals surface area contributed by atoms with E-state index in [1.807, 2.05) is 6.92 Å². The molecule has 32 heavy (non-hydrogen) atoms. The molecule has 0 saturated heterocycles. The summed E-state index contributed by atoms with van der Waals surface area (Å²) in [5.74, 6) is 7.33. The van der Waals surface area contributed by atoms with Gasteiger partial charge in [0.05, 0.1) is 0 Å². The Morgan fingerprint density at radius 3 is 2.16 bits per heavy atom. The Labute approximate surface area is 199 Å². The van der Waals surface area contributed by atoms with Crippen LogP contribution in [0.2, 0.25) is 0 Å². The molecule has 0 aliphatic rings. The first-order chi connectivity index (χ1) is 15.0. The summed E-state index contributed by atoms with van der Waals surface area (Å²) in [6, 6.07) is 12.3. The molecule has 1 heteroatoms. The first-order valence-electron chi connectivity index (χ1n) is 12.2. The number of allylic oxidation sites excluding steroid dienone is 4. The fourth-order valence-corrected chi connectivity index (χ4v) is 4.38. The predicted octanol–water partition coefficient (Wildman–Crippen LogP) is 8.16. The molecular weight excluding hydrogens is 386 g/mol. The van der Waals surface area contributed by atoms with E-state index in [0.717, 1.165) is 25.0 Å². The van der Waals surface area contributed by atoms with Crippen LogP contribution in [0.4, 0.5) is 0 Å². The van der Waals surface area contributed by atoms with Crippen molar-refractivity contribution in [2.45, 2.75) is 87.0 Å². The highest BCUT2D eigenvalue weighted by atomic mass is 15.1. The minimum atomic E-state index is 0.0772. The van der Waals surface area contributed by atoms with Gasteiger partial charge in [0.1, 0.15) is 0 Å². The second-order valence-electron chi connectivity index (χ2n) is 10.1. The Morgan fingerprint density at radius 1 is 1.09 bits per heavy atom. The third kappa shape index (κ3) is 7.35. The van der Waals surface area contributed by atoms with Gasteiger partial charge in [-0.25, -0.2) is 0 Å². The SMILES string of the molecule is C#C/C(C)=C/C(=C(\C)CC)[C@@H](CC)c1ccccc1C(C)C(C#CN(C)CC)C(C)(C)C. The molecule has 1 nitrogen and oxygen atoms in total. The van der Waals surface area contributed by atoms with Crippen molar-refractivity contribution in [2.75, 3.05) is 13.6 Å². The van der Waals surface area contributed by atoms with Gasteiger partial charge in [0.15, 0.2) is 0 Å². The van der Waals surface area contributed by atoms with E-state index >= 15 is 0 Å². The maximum Gasteiger partial charge on any atom is 0.0335 e. The Balaban J connectivity index is 3.66. The average Bonchev–Trinajstić information content (AvgIpc) is 2.77. The summed E-state index contributed by atoms with van der Waals surface area (Å²) in [7, 11) is 2.06. The Hall–Kier alpha value is -2.38. The van der Waals surface area contributed by atoms with Crippen LogP contribution < -0.4 is 0 Å². The fraction of sp³-hybridized carbons (Fsp3) is 0.548. The highest BCUT2D eigenvalue weighted by Gasteiger charge is 2.32. The van der Waals surface area contributed by atoms with Gasteiger partial charge in [0.2, 0.25) is 0 Å². The van der Waals surface area contributed by atoms with E-state index in [9.17, 15) is 0 Å². The van der Waals surface area contributed by atoms with Gasteiger partial charge < -0.3 is 4.90 Å². The lowest BCUT2D eigenvalue weighted by molar-refractivity contribution is 0.268. The minimum Gasteiger partial charge on any atom is -0.336 e. The van der Waals surface area contributed by atoms with Crippen molar-refractivity contribution in [3.8, 4) is 24.3 Å². The van der Waals surface area contributed by atoms with Gasteiger partial charge in [0.25, 0.3) is 0 Å². The highest BCUT2D eigenvalue weighted by Crippen LogP contribution is 2.42. The molecule has 0 N–H and O–H groups in total. The molecule has 0 saturated carbocycles. The molecule has 0 bridgehead atoms. The number of benzene rings is 1. The smallest absolute Gasteiger partial charge is 0.0335 e. The van der Waals surface area contributed by atoms with Gasteiger partial charge in [-0.15, -0.1) is 6.42 Å². The van der Waals surface area contributed by atoms with Crippen LogP contribution in [0.15, 0.2) is 47.1 Å². The lowest BCUT2D eigenvalue weighted by Gasteiger charge is -2.34. The van der Waals surface area contributed by atoms with E-state index in [0.29, 0.717) is 11.8 Å². The van der Waals surface area contributed by atoms with Crippen LogP contribution in [0.3, 0.4) is 0 Å². The molecule has 0 aliphatic carbocycles. The van der Waals surface area contributed by atoms with E-state index in [2.05, 4.69) is 116 Å². The zero-order valence-electron chi connectivity index (χ0n) is 22.3. The lowest BCUT2D eigenvalue weighted by atomic mass is 9.69. The fourth-order valence-electron chi connectivity index (χ4n) is 4.38. The summed E-state index contributed by atoms with van der Waals surface area (Å²) in [6.07, 6.45) is 10.0. The van der Waals surface area contributed by atoms with Crippen LogP contribution in [-0.2, 0) is 0 Å².